The predicted molar refractivity (Wildman–Crippen MR) is 113 cm³/mol. The van der Waals surface area contributed by atoms with E-state index in [1.54, 1.807) is 24.8 Å². The molecule has 2 aromatic heterocycles. The molecule has 0 spiro atoms. The van der Waals surface area contributed by atoms with E-state index in [9.17, 15) is 4.79 Å². The molecule has 1 saturated carbocycles. The lowest BCUT2D eigenvalue weighted by atomic mass is 9.92. The molecule has 1 amide bonds. The lowest BCUT2D eigenvalue weighted by Gasteiger charge is -2.32. The van der Waals surface area contributed by atoms with E-state index < -0.39 is 12.0 Å². The molecule has 0 radical (unpaired) electrons. The van der Waals surface area contributed by atoms with Crippen molar-refractivity contribution >= 4 is 27.5 Å². The Hall–Kier alpha value is -1.77. The largest absolute Gasteiger partial charge is 0.474 e. The van der Waals surface area contributed by atoms with Gasteiger partial charge in [0.15, 0.2) is 0 Å². The van der Waals surface area contributed by atoms with Gasteiger partial charge in [0, 0.05) is 18.0 Å². The average Bonchev–Trinajstić information content (AvgIpc) is 3.26. The van der Waals surface area contributed by atoms with E-state index in [1.165, 1.54) is 10.4 Å². The highest BCUT2D eigenvalue weighted by atomic mass is 32.1. The van der Waals surface area contributed by atoms with Gasteiger partial charge < -0.3 is 20.1 Å². The summed E-state index contributed by atoms with van der Waals surface area (Å²) in [4.78, 5) is 25.3. The number of hydrogen-bond donors (Lipinski definition) is 1. The number of thiophene rings is 1. The highest BCUT2D eigenvalue weighted by Gasteiger charge is 2.34. The van der Waals surface area contributed by atoms with Crippen LogP contribution in [0.25, 0.3) is 10.2 Å². The van der Waals surface area contributed by atoms with Crippen LogP contribution in [0.4, 0.5) is 0 Å². The minimum absolute atomic E-state index is 0.192. The van der Waals surface area contributed by atoms with Gasteiger partial charge in [-0.2, -0.15) is 0 Å². The van der Waals surface area contributed by atoms with Crippen molar-refractivity contribution in [2.45, 2.75) is 69.1 Å². The van der Waals surface area contributed by atoms with E-state index in [0.29, 0.717) is 18.3 Å². The topological polar surface area (TPSA) is 90.6 Å². The minimum Gasteiger partial charge on any atom is -0.474 e. The van der Waals surface area contributed by atoms with Crippen molar-refractivity contribution in [3.8, 4) is 5.88 Å². The van der Waals surface area contributed by atoms with Gasteiger partial charge in [0.25, 0.3) is 0 Å². The summed E-state index contributed by atoms with van der Waals surface area (Å²) in [5.74, 6) is 0.501. The van der Waals surface area contributed by atoms with Gasteiger partial charge in [0.1, 0.15) is 23.4 Å². The molecule has 4 rings (SSSR count). The molecule has 2 atom stereocenters. The van der Waals surface area contributed by atoms with Crippen molar-refractivity contribution in [1.29, 1.82) is 0 Å². The zero-order valence-corrected chi connectivity index (χ0v) is 18.2. The maximum Gasteiger partial charge on any atom is 0.246 e. The van der Waals surface area contributed by atoms with E-state index in [-0.39, 0.29) is 12.0 Å². The van der Waals surface area contributed by atoms with Crippen LogP contribution in [-0.2, 0) is 16.0 Å². The zero-order chi connectivity index (χ0) is 20.5. The first-order chi connectivity index (χ1) is 14.0. The fraction of sp³-hybridized carbons (Fsp3) is 0.667. The molecule has 0 unspecified atom stereocenters. The molecule has 0 saturated heterocycles. The van der Waals surface area contributed by atoms with Crippen LogP contribution in [0, 0.1) is 0 Å². The van der Waals surface area contributed by atoms with Crippen LogP contribution < -0.4 is 10.5 Å². The molecule has 2 heterocycles. The lowest BCUT2D eigenvalue weighted by Crippen LogP contribution is -2.35. The normalized spacial score (nSPS) is 25.3. The Morgan fingerprint density at radius 1 is 1.28 bits per heavy atom. The molecule has 7 nitrogen and oxygen atoms in total. The van der Waals surface area contributed by atoms with E-state index in [2.05, 4.69) is 29.0 Å². The van der Waals surface area contributed by atoms with Gasteiger partial charge in [0.05, 0.1) is 5.39 Å². The molecular formula is C21H30N4O3S. The van der Waals surface area contributed by atoms with Crippen molar-refractivity contribution in [1.82, 2.24) is 14.9 Å². The van der Waals surface area contributed by atoms with Crippen LogP contribution in [0.2, 0.25) is 0 Å². The average molecular weight is 419 g/mol. The third-order valence-corrected chi connectivity index (χ3v) is 7.62. The quantitative estimate of drug-likeness (QED) is 0.744. The van der Waals surface area contributed by atoms with E-state index in [4.69, 9.17) is 15.2 Å². The molecule has 29 heavy (non-hydrogen) atoms. The fourth-order valence-corrected chi connectivity index (χ4v) is 6.02. The molecule has 0 bridgehead atoms. The summed E-state index contributed by atoms with van der Waals surface area (Å²) in [6, 6.07) is 0.634. The number of hydrogen-bond acceptors (Lipinski definition) is 7. The molecule has 0 aliphatic heterocycles. The van der Waals surface area contributed by atoms with Crippen molar-refractivity contribution < 1.29 is 14.3 Å². The van der Waals surface area contributed by atoms with Crippen molar-refractivity contribution in [3.05, 3.63) is 16.8 Å². The van der Waals surface area contributed by atoms with Crippen LogP contribution in [0.15, 0.2) is 6.33 Å². The van der Waals surface area contributed by atoms with Gasteiger partial charge in [-0.15, -0.1) is 11.3 Å². The van der Waals surface area contributed by atoms with Gasteiger partial charge in [-0.05, 0) is 70.5 Å². The van der Waals surface area contributed by atoms with Crippen LogP contribution in [0.1, 0.15) is 54.9 Å². The lowest BCUT2D eigenvalue weighted by molar-refractivity contribution is -0.128. The van der Waals surface area contributed by atoms with Crippen molar-refractivity contribution in [2.75, 3.05) is 21.2 Å². The van der Waals surface area contributed by atoms with Gasteiger partial charge in [-0.3, -0.25) is 4.79 Å². The first-order valence-corrected chi connectivity index (χ1v) is 11.2. The first kappa shape index (κ1) is 20.5. The summed E-state index contributed by atoms with van der Waals surface area (Å²) >= 11 is 1.72. The number of fused-ring (bicyclic) bond motifs is 3. The smallest absolute Gasteiger partial charge is 0.246 e. The number of aryl methyl sites for hydroxylation is 1. The molecule has 8 heteroatoms. The number of nitrogens with two attached hydrogens (primary N) is 1. The van der Waals surface area contributed by atoms with E-state index in [1.807, 2.05) is 0 Å². The Labute approximate surface area is 175 Å². The minimum atomic E-state index is -0.573. The Morgan fingerprint density at radius 2 is 2.03 bits per heavy atom. The Bertz CT molecular complexity index is 876. The number of aromatic nitrogens is 2. The molecular weight excluding hydrogens is 388 g/mol. The van der Waals surface area contributed by atoms with Gasteiger partial charge >= 0.3 is 0 Å². The maximum atomic E-state index is 11.7. The molecule has 2 aliphatic carbocycles. The van der Waals surface area contributed by atoms with Gasteiger partial charge in [0.2, 0.25) is 11.8 Å². The van der Waals surface area contributed by atoms with E-state index >= 15 is 0 Å². The zero-order valence-electron chi connectivity index (χ0n) is 17.4. The molecule has 2 N–H and O–H groups in total. The van der Waals surface area contributed by atoms with E-state index in [0.717, 1.165) is 48.7 Å². The van der Waals surface area contributed by atoms with Crippen LogP contribution in [0.5, 0.6) is 5.88 Å². The second-order valence-corrected chi connectivity index (χ2v) is 9.49. The second-order valence-electron chi connectivity index (χ2n) is 8.41. The number of rotatable bonds is 7. The third kappa shape index (κ3) is 4.11. The summed E-state index contributed by atoms with van der Waals surface area (Å²) in [6.07, 6.45) is 8.16. The predicted octanol–water partition coefficient (Wildman–Crippen LogP) is 2.86. The summed E-state index contributed by atoms with van der Waals surface area (Å²) in [7, 11) is 5.83. The SMILES string of the molecule is CO[C@H](C[C@H]1CCc2sc3ncnc(O[C@H]4CC[C@H](N(C)C)CC4)c3c21)C(N)=O. The first-order valence-electron chi connectivity index (χ1n) is 10.4. The summed E-state index contributed by atoms with van der Waals surface area (Å²) in [6.45, 7) is 0. The maximum absolute atomic E-state index is 11.7. The highest BCUT2D eigenvalue weighted by Crippen LogP contribution is 2.48. The molecule has 0 aromatic carbocycles. The number of carbonyl (C=O) groups is 1. The summed E-state index contributed by atoms with van der Waals surface area (Å²) < 4.78 is 11.7. The number of primary amides is 1. The standard InChI is InChI=1S/C21H30N4O3S/c1-25(2)13-5-7-14(8-6-13)28-20-18-17-12(10-15(27-3)19(22)26)4-9-16(17)29-21(18)24-11-23-20/h11-15H,4-10H2,1-3H3,(H2,22,26)/t12-,13-,14-,15-/m1/s1. The summed E-state index contributed by atoms with van der Waals surface area (Å²) in [5, 5.41) is 1.03. The summed E-state index contributed by atoms with van der Waals surface area (Å²) in [5.41, 5.74) is 6.75. The highest BCUT2D eigenvalue weighted by molar-refractivity contribution is 7.19. The van der Waals surface area contributed by atoms with Crippen LogP contribution >= 0.6 is 11.3 Å². The van der Waals surface area contributed by atoms with Gasteiger partial charge in [-0.1, -0.05) is 0 Å². The monoisotopic (exact) mass is 418 g/mol. The Morgan fingerprint density at radius 3 is 2.69 bits per heavy atom. The third-order valence-electron chi connectivity index (χ3n) is 6.45. The van der Waals surface area contributed by atoms with Crippen LogP contribution in [0.3, 0.4) is 0 Å². The number of ether oxygens (including phenoxy) is 2. The second kappa shape index (κ2) is 8.53. The number of methoxy groups -OCH3 is 1. The van der Waals surface area contributed by atoms with Gasteiger partial charge in [-0.25, -0.2) is 9.97 Å². The Balaban J connectivity index is 1.58. The Kier molecular flexibility index (Phi) is 6.03. The van der Waals surface area contributed by atoms with Crippen LogP contribution in [-0.4, -0.2) is 60.2 Å². The van der Waals surface area contributed by atoms with Crippen molar-refractivity contribution in [3.63, 3.8) is 0 Å². The van der Waals surface area contributed by atoms with Crippen molar-refractivity contribution in [2.24, 2.45) is 5.73 Å². The molecule has 1 fully saturated rings. The molecule has 2 aliphatic rings. The molecule has 158 valence electrons. The number of carbonyl (C=O) groups excluding carboxylic acids is 1. The molecule has 2 aromatic rings. The number of amides is 1. The fourth-order valence-electron chi connectivity index (χ4n) is 4.79. The number of nitrogens with zero attached hydrogens (tertiary/aromatic N) is 3.